The van der Waals surface area contributed by atoms with Crippen LogP contribution in [0.25, 0.3) is 0 Å². The van der Waals surface area contributed by atoms with Crippen molar-refractivity contribution in [2.24, 2.45) is 0 Å². The smallest absolute Gasteiger partial charge is 0.332 e. The molecule has 0 saturated heterocycles. The summed E-state index contributed by atoms with van der Waals surface area (Å²) in [7, 11) is 1.27. The average Bonchev–Trinajstić information content (AvgIpc) is 2.46. The predicted octanol–water partition coefficient (Wildman–Crippen LogP) is 1.02. The van der Waals surface area contributed by atoms with E-state index in [1.54, 1.807) is 25.1 Å². The van der Waals surface area contributed by atoms with E-state index in [-0.39, 0.29) is 12.5 Å². The van der Waals surface area contributed by atoms with E-state index in [1.165, 1.54) is 13.2 Å². The van der Waals surface area contributed by atoms with E-state index in [0.717, 1.165) is 0 Å². The molecule has 20 heavy (non-hydrogen) atoms. The van der Waals surface area contributed by atoms with E-state index in [2.05, 4.69) is 10.1 Å². The lowest BCUT2D eigenvalue weighted by Crippen LogP contribution is -2.43. The zero-order chi connectivity index (χ0) is 14.5. The van der Waals surface area contributed by atoms with Gasteiger partial charge < -0.3 is 19.5 Å². The molecule has 0 spiro atoms. The Morgan fingerprint density at radius 3 is 2.75 bits per heavy atom. The maximum atomic E-state index is 12.0. The molecule has 6 nitrogen and oxygen atoms in total. The van der Waals surface area contributed by atoms with Gasteiger partial charge in [0, 0.05) is 11.8 Å². The molecule has 0 bridgehead atoms. The molecule has 106 valence electrons. The maximum Gasteiger partial charge on any atom is 0.332 e. The van der Waals surface area contributed by atoms with Gasteiger partial charge in [0.15, 0.2) is 11.5 Å². The quantitative estimate of drug-likeness (QED) is 0.659. The van der Waals surface area contributed by atoms with Crippen LogP contribution in [-0.4, -0.2) is 31.7 Å². The topological polar surface area (TPSA) is 73.9 Å². The molecule has 0 saturated carbocycles. The second-order valence-electron chi connectivity index (χ2n) is 4.20. The van der Waals surface area contributed by atoms with Gasteiger partial charge in [0.25, 0.3) is 5.91 Å². The van der Waals surface area contributed by atoms with Crippen molar-refractivity contribution in [2.45, 2.75) is 13.0 Å². The van der Waals surface area contributed by atoms with Crippen LogP contribution in [0.4, 0.5) is 0 Å². The lowest BCUT2D eigenvalue weighted by atomic mass is 10.2. The summed E-state index contributed by atoms with van der Waals surface area (Å²) in [6, 6.07) is 7.12. The van der Waals surface area contributed by atoms with E-state index in [4.69, 9.17) is 9.47 Å². The normalized spacial score (nSPS) is 17.3. The van der Waals surface area contributed by atoms with Crippen LogP contribution in [0, 0.1) is 0 Å². The van der Waals surface area contributed by atoms with Crippen LogP contribution in [0.1, 0.15) is 6.92 Å². The molecule has 1 N–H and O–H groups in total. The van der Waals surface area contributed by atoms with Crippen molar-refractivity contribution in [3.8, 4) is 11.5 Å². The number of hydrogen-bond donors (Lipinski definition) is 1. The summed E-state index contributed by atoms with van der Waals surface area (Å²) in [6.45, 7) is 1.71. The van der Waals surface area contributed by atoms with Crippen LogP contribution in [0.15, 0.2) is 36.0 Å². The van der Waals surface area contributed by atoms with Gasteiger partial charge in [-0.3, -0.25) is 4.79 Å². The Kier molecular flexibility index (Phi) is 4.24. The van der Waals surface area contributed by atoms with Gasteiger partial charge in [0.1, 0.15) is 6.61 Å². The molecule has 0 radical (unpaired) electrons. The maximum absolute atomic E-state index is 12.0. The van der Waals surface area contributed by atoms with Crippen molar-refractivity contribution < 1.29 is 23.8 Å². The van der Waals surface area contributed by atoms with Crippen LogP contribution < -0.4 is 14.8 Å². The summed E-state index contributed by atoms with van der Waals surface area (Å²) in [4.78, 5) is 23.0. The number of rotatable bonds is 3. The second kappa shape index (κ2) is 6.10. The monoisotopic (exact) mass is 277 g/mol. The van der Waals surface area contributed by atoms with E-state index < -0.39 is 12.1 Å². The van der Waals surface area contributed by atoms with Crippen molar-refractivity contribution in [3.05, 3.63) is 36.0 Å². The molecule has 1 heterocycles. The molecule has 1 unspecified atom stereocenters. The van der Waals surface area contributed by atoms with E-state index in [9.17, 15) is 9.59 Å². The summed E-state index contributed by atoms with van der Waals surface area (Å²) in [5.41, 5.74) is 0.379. The third-order valence-corrected chi connectivity index (χ3v) is 2.66. The number of para-hydroxylation sites is 2. The Hall–Kier alpha value is -2.50. The van der Waals surface area contributed by atoms with E-state index in [0.29, 0.717) is 17.2 Å². The first-order valence-corrected chi connectivity index (χ1v) is 6.05. The molecule has 1 atom stereocenters. The fourth-order valence-electron chi connectivity index (χ4n) is 1.70. The van der Waals surface area contributed by atoms with Gasteiger partial charge in [0.2, 0.25) is 6.10 Å². The number of amides is 1. The van der Waals surface area contributed by atoms with Gasteiger partial charge in [-0.05, 0) is 19.1 Å². The highest BCUT2D eigenvalue weighted by Gasteiger charge is 2.27. The molecular weight excluding hydrogens is 262 g/mol. The molecule has 1 amide bonds. The molecule has 0 aromatic heterocycles. The van der Waals surface area contributed by atoms with Crippen LogP contribution in [-0.2, 0) is 14.3 Å². The zero-order valence-corrected chi connectivity index (χ0v) is 11.2. The number of ether oxygens (including phenoxy) is 3. The average molecular weight is 277 g/mol. The summed E-state index contributed by atoms with van der Waals surface area (Å²) in [5.74, 6) is 0.220. The Bertz CT molecular complexity index is 552. The minimum absolute atomic E-state index is 0.119. The molecule has 0 fully saturated rings. The summed E-state index contributed by atoms with van der Waals surface area (Å²) in [6.07, 6.45) is 0.432. The van der Waals surface area contributed by atoms with E-state index >= 15 is 0 Å². The Balaban J connectivity index is 1.98. The number of carbonyl (C=O) groups excluding carboxylic acids is 2. The Labute approximate surface area is 116 Å². The summed E-state index contributed by atoms with van der Waals surface area (Å²) < 4.78 is 15.5. The first-order valence-electron chi connectivity index (χ1n) is 6.05. The van der Waals surface area contributed by atoms with Gasteiger partial charge in [-0.25, -0.2) is 4.79 Å². The van der Waals surface area contributed by atoms with Crippen molar-refractivity contribution in [1.82, 2.24) is 5.32 Å². The number of benzene rings is 1. The molecule has 1 aromatic carbocycles. The predicted molar refractivity (Wildman–Crippen MR) is 70.3 cm³/mol. The Morgan fingerprint density at radius 1 is 1.35 bits per heavy atom. The first kappa shape index (κ1) is 13.9. The van der Waals surface area contributed by atoms with Gasteiger partial charge >= 0.3 is 5.97 Å². The van der Waals surface area contributed by atoms with Gasteiger partial charge in [-0.1, -0.05) is 12.1 Å². The summed E-state index contributed by atoms with van der Waals surface area (Å²) in [5, 5.41) is 2.56. The fraction of sp³-hybridized carbons (Fsp3) is 0.286. The van der Waals surface area contributed by atoms with Gasteiger partial charge in [-0.2, -0.15) is 0 Å². The number of fused-ring (bicyclic) bond motifs is 1. The lowest BCUT2D eigenvalue weighted by molar-refractivity contribution is -0.134. The van der Waals surface area contributed by atoms with Crippen LogP contribution in [0.2, 0.25) is 0 Å². The highest BCUT2D eigenvalue weighted by molar-refractivity contribution is 5.86. The molecule has 1 aromatic rings. The zero-order valence-electron chi connectivity index (χ0n) is 11.2. The summed E-state index contributed by atoms with van der Waals surface area (Å²) >= 11 is 0. The SMILES string of the molecule is COC(=O)C=C(C)NC(=O)C1COc2ccccc2O1. The van der Waals surface area contributed by atoms with Crippen molar-refractivity contribution >= 4 is 11.9 Å². The van der Waals surface area contributed by atoms with Crippen LogP contribution in [0.3, 0.4) is 0 Å². The number of nitrogens with one attached hydrogen (secondary N) is 1. The third kappa shape index (κ3) is 3.28. The molecule has 1 aliphatic heterocycles. The van der Waals surface area contributed by atoms with Gasteiger partial charge in [0.05, 0.1) is 7.11 Å². The van der Waals surface area contributed by atoms with Crippen molar-refractivity contribution in [1.29, 1.82) is 0 Å². The number of hydrogen-bond acceptors (Lipinski definition) is 5. The highest BCUT2D eigenvalue weighted by Crippen LogP contribution is 2.30. The Morgan fingerprint density at radius 2 is 2.05 bits per heavy atom. The van der Waals surface area contributed by atoms with Crippen LogP contribution in [0.5, 0.6) is 11.5 Å². The second-order valence-corrected chi connectivity index (χ2v) is 4.20. The molecule has 6 heteroatoms. The molecular formula is C14H15NO5. The standard InChI is InChI=1S/C14H15NO5/c1-9(7-13(16)18-2)15-14(17)12-8-19-10-5-3-4-6-11(10)20-12/h3-7,12H,8H2,1-2H3,(H,15,17). The highest BCUT2D eigenvalue weighted by atomic mass is 16.6. The minimum atomic E-state index is -0.758. The van der Waals surface area contributed by atoms with Crippen LogP contribution >= 0.6 is 0 Å². The lowest BCUT2D eigenvalue weighted by Gasteiger charge is -2.25. The number of allylic oxidation sites excluding steroid dienone is 1. The minimum Gasteiger partial charge on any atom is -0.485 e. The largest absolute Gasteiger partial charge is 0.485 e. The first-order chi connectivity index (χ1) is 9.60. The number of carbonyl (C=O) groups is 2. The number of methoxy groups -OCH3 is 1. The molecule has 0 aliphatic carbocycles. The number of esters is 1. The van der Waals surface area contributed by atoms with Gasteiger partial charge in [-0.15, -0.1) is 0 Å². The van der Waals surface area contributed by atoms with E-state index in [1.807, 2.05) is 6.07 Å². The fourth-order valence-corrected chi connectivity index (χ4v) is 1.70. The molecule has 2 rings (SSSR count). The van der Waals surface area contributed by atoms with Crippen molar-refractivity contribution in [3.63, 3.8) is 0 Å². The third-order valence-electron chi connectivity index (χ3n) is 2.66. The molecule has 1 aliphatic rings. The van der Waals surface area contributed by atoms with Crippen molar-refractivity contribution in [2.75, 3.05) is 13.7 Å².